The molecule has 2 aromatic rings. The molecule has 0 saturated heterocycles. The lowest BCUT2D eigenvalue weighted by Gasteiger charge is -2.06. The Balaban J connectivity index is 2.20. The zero-order chi connectivity index (χ0) is 14.7. The number of carbonyl (C=O) groups excluding carboxylic acids is 2. The normalized spacial score (nSPS) is 10.2. The third-order valence-corrected chi connectivity index (χ3v) is 3.86. The van der Waals surface area contributed by atoms with Crippen molar-refractivity contribution in [3.63, 3.8) is 0 Å². The van der Waals surface area contributed by atoms with Crippen LogP contribution in [0.4, 0.5) is 5.69 Å². The maximum atomic E-state index is 12.2. The molecule has 1 aromatic heterocycles. The van der Waals surface area contributed by atoms with E-state index in [0.717, 1.165) is 9.75 Å². The predicted molar refractivity (Wildman–Crippen MR) is 81.6 cm³/mol. The SMILES string of the molecule is CNC(=O)c1cccc(NC(=O)c2cc(C)sc2C)c1. The fourth-order valence-electron chi connectivity index (χ4n) is 1.94. The lowest BCUT2D eigenvalue weighted by atomic mass is 10.1. The molecule has 0 aliphatic heterocycles. The highest BCUT2D eigenvalue weighted by atomic mass is 32.1. The number of benzene rings is 1. The van der Waals surface area contributed by atoms with Crippen LogP contribution >= 0.6 is 11.3 Å². The van der Waals surface area contributed by atoms with Gasteiger partial charge in [0.1, 0.15) is 0 Å². The smallest absolute Gasteiger partial charge is 0.256 e. The fraction of sp³-hybridized carbons (Fsp3) is 0.200. The van der Waals surface area contributed by atoms with E-state index in [4.69, 9.17) is 0 Å². The van der Waals surface area contributed by atoms with Gasteiger partial charge < -0.3 is 10.6 Å². The number of thiophene rings is 1. The summed E-state index contributed by atoms with van der Waals surface area (Å²) in [7, 11) is 1.57. The van der Waals surface area contributed by atoms with E-state index in [0.29, 0.717) is 16.8 Å². The van der Waals surface area contributed by atoms with Crippen molar-refractivity contribution in [3.05, 3.63) is 51.2 Å². The molecule has 0 unspecified atom stereocenters. The minimum absolute atomic E-state index is 0.152. The van der Waals surface area contributed by atoms with Gasteiger partial charge in [-0.1, -0.05) is 6.07 Å². The Hall–Kier alpha value is -2.14. The highest BCUT2D eigenvalue weighted by Crippen LogP contribution is 2.22. The zero-order valence-electron chi connectivity index (χ0n) is 11.6. The maximum absolute atomic E-state index is 12.2. The summed E-state index contributed by atoms with van der Waals surface area (Å²) >= 11 is 1.59. The van der Waals surface area contributed by atoms with Crippen LogP contribution in [0.5, 0.6) is 0 Å². The molecule has 0 spiro atoms. The van der Waals surface area contributed by atoms with Gasteiger partial charge in [0, 0.05) is 28.1 Å². The van der Waals surface area contributed by atoms with E-state index in [2.05, 4.69) is 10.6 Å². The van der Waals surface area contributed by atoms with Crippen molar-refractivity contribution in [2.75, 3.05) is 12.4 Å². The van der Waals surface area contributed by atoms with Crippen molar-refractivity contribution in [2.24, 2.45) is 0 Å². The molecule has 1 aromatic carbocycles. The van der Waals surface area contributed by atoms with E-state index >= 15 is 0 Å². The zero-order valence-corrected chi connectivity index (χ0v) is 12.4. The number of anilines is 1. The molecule has 2 N–H and O–H groups in total. The molecule has 0 aliphatic carbocycles. The molecule has 0 aliphatic rings. The lowest BCUT2D eigenvalue weighted by molar-refractivity contribution is 0.0961. The molecule has 1 heterocycles. The predicted octanol–water partition coefficient (Wildman–Crippen LogP) is 2.98. The van der Waals surface area contributed by atoms with E-state index in [1.807, 2.05) is 19.9 Å². The molecule has 104 valence electrons. The van der Waals surface area contributed by atoms with Crippen LogP contribution in [0.3, 0.4) is 0 Å². The van der Waals surface area contributed by atoms with Crippen molar-refractivity contribution in [3.8, 4) is 0 Å². The molecular formula is C15H16N2O2S. The first-order valence-electron chi connectivity index (χ1n) is 6.22. The third kappa shape index (κ3) is 3.05. The first-order valence-corrected chi connectivity index (χ1v) is 7.03. The van der Waals surface area contributed by atoms with E-state index in [1.165, 1.54) is 0 Å². The standard InChI is InChI=1S/C15H16N2O2S/c1-9-7-13(10(2)20-9)15(19)17-12-6-4-5-11(8-12)14(18)16-3/h4-8H,1-3H3,(H,16,18)(H,17,19). The Morgan fingerprint density at radius 1 is 1.10 bits per heavy atom. The monoisotopic (exact) mass is 288 g/mol. The number of hydrogen-bond donors (Lipinski definition) is 2. The quantitative estimate of drug-likeness (QED) is 0.912. The van der Waals surface area contributed by atoms with Crippen LogP contribution in [0.15, 0.2) is 30.3 Å². The van der Waals surface area contributed by atoms with Gasteiger partial charge in [-0.2, -0.15) is 0 Å². The van der Waals surface area contributed by atoms with Crippen LogP contribution in [0.25, 0.3) is 0 Å². The van der Waals surface area contributed by atoms with Gasteiger partial charge >= 0.3 is 0 Å². The largest absolute Gasteiger partial charge is 0.355 e. The van der Waals surface area contributed by atoms with Crippen LogP contribution in [0, 0.1) is 13.8 Å². The second-order valence-corrected chi connectivity index (χ2v) is 5.90. The van der Waals surface area contributed by atoms with Crippen molar-refractivity contribution in [1.29, 1.82) is 0 Å². The molecule has 0 saturated carbocycles. The van der Waals surface area contributed by atoms with E-state index in [9.17, 15) is 9.59 Å². The Bertz CT molecular complexity index is 662. The average Bonchev–Trinajstić information content (AvgIpc) is 2.77. The molecule has 0 fully saturated rings. The summed E-state index contributed by atoms with van der Waals surface area (Å²) < 4.78 is 0. The second kappa shape index (κ2) is 5.88. The number of amides is 2. The van der Waals surface area contributed by atoms with E-state index in [-0.39, 0.29) is 11.8 Å². The van der Waals surface area contributed by atoms with Gasteiger partial charge in [0.05, 0.1) is 5.56 Å². The van der Waals surface area contributed by atoms with Gasteiger partial charge in [0.15, 0.2) is 0 Å². The summed E-state index contributed by atoms with van der Waals surface area (Å²) in [6, 6.07) is 8.74. The first-order chi connectivity index (χ1) is 9.51. The number of hydrogen-bond acceptors (Lipinski definition) is 3. The van der Waals surface area contributed by atoms with Crippen molar-refractivity contribution >= 4 is 28.8 Å². The van der Waals surface area contributed by atoms with Gasteiger partial charge in [-0.15, -0.1) is 11.3 Å². The van der Waals surface area contributed by atoms with Gasteiger partial charge in [-0.3, -0.25) is 9.59 Å². The molecule has 4 nitrogen and oxygen atoms in total. The van der Waals surface area contributed by atoms with Gasteiger partial charge in [-0.05, 0) is 38.1 Å². The topological polar surface area (TPSA) is 58.2 Å². The van der Waals surface area contributed by atoms with Crippen molar-refractivity contribution in [2.45, 2.75) is 13.8 Å². The number of carbonyl (C=O) groups is 2. The Labute approximate surface area is 121 Å². The third-order valence-electron chi connectivity index (χ3n) is 2.90. The van der Waals surface area contributed by atoms with Crippen molar-refractivity contribution < 1.29 is 9.59 Å². The number of aryl methyl sites for hydroxylation is 2. The number of nitrogens with one attached hydrogen (secondary N) is 2. The molecular weight excluding hydrogens is 272 g/mol. The summed E-state index contributed by atoms with van der Waals surface area (Å²) in [5.41, 5.74) is 1.81. The summed E-state index contributed by atoms with van der Waals surface area (Å²) in [6.45, 7) is 3.90. The molecule has 5 heteroatoms. The average molecular weight is 288 g/mol. The molecule has 0 bridgehead atoms. The Kier molecular flexibility index (Phi) is 4.20. The van der Waals surface area contributed by atoms with Gasteiger partial charge in [-0.25, -0.2) is 0 Å². The highest BCUT2D eigenvalue weighted by Gasteiger charge is 2.12. The molecule has 0 atom stereocenters. The summed E-state index contributed by atoms with van der Waals surface area (Å²) in [4.78, 5) is 25.8. The minimum Gasteiger partial charge on any atom is -0.355 e. The van der Waals surface area contributed by atoms with Gasteiger partial charge in [0.2, 0.25) is 0 Å². The van der Waals surface area contributed by atoms with Gasteiger partial charge in [0.25, 0.3) is 11.8 Å². The number of rotatable bonds is 3. The fourth-order valence-corrected chi connectivity index (χ4v) is 2.86. The molecule has 20 heavy (non-hydrogen) atoms. The van der Waals surface area contributed by atoms with Crippen LogP contribution < -0.4 is 10.6 Å². The summed E-state index contributed by atoms with van der Waals surface area (Å²) in [5.74, 6) is -0.329. The van der Waals surface area contributed by atoms with Crippen LogP contribution in [0.1, 0.15) is 30.5 Å². The summed E-state index contributed by atoms with van der Waals surface area (Å²) in [5, 5.41) is 5.38. The maximum Gasteiger partial charge on any atom is 0.256 e. The molecule has 2 amide bonds. The Morgan fingerprint density at radius 2 is 1.85 bits per heavy atom. The van der Waals surface area contributed by atoms with Crippen LogP contribution in [0.2, 0.25) is 0 Å². The molecule has 2 rings (SSSR count). The van der Waals surface area contributed by atoms with Crippen LogP contribution in [-0.2, 0) is 0 Å². The Morgan fingerprint density at radius 3 is 2.45 bits per heavy atom. The van der Waals surface area contributed by atoms with Crippen molar-refractivity contribution in [1.82, 2.24) is 5.32 Å². The highest BCUT2D eigenvalue weighted by molar-refractivity contribution is 7.12. The lowest BCUT2D eigenvalue weighted by Crippen LogP contribution is -2.18. The molecule has 0 radical (unpaired) electrons. The van der Waals surface area contributed by atoms with E-state index < -0.39 is 0 Å². The van der Waals surface area contributed by atoms with E-state index in [1.54, 1.807) is 42.6 Å². The summed E-state index contributed by atoms with van der Waals surface area (Å²) in [6.07, 6.45) is 0. The minimum atomic E-state index is -0.177. The first kappa shape index (κ1) is 14.3. The second-order valence-electron chi connectivity index (χ2n) is 4.44. The van der Waals surface area contributed by atoms with Crippen LogP contribution in [-0.4, -0.2) is 18.9 Å².